The molecular weight excluding hydrogens is 172 g/mol. The third-order valence-electron chi connectivity index (χ3n) is 2.51. The van der Waals surface area contributed by atoms with Crippen molar-refractivity contribution < 1.29 is 0 Å². The van der Waals surface area contributed by atoms with Crippen LogP contribution in [0.3, 0.4) is 0 Å². The van der Waals surface area contributed by atoms with Crippen molar-refractivity contribution in [3.63, 3.8) is 0 Å². The number of hydrogen-bond acceptors (Lipinski definition) is 2. The van der Waals surface area contributed by atoms with Crippen molar-refractivity contribution in [3.8, 4) is 0 Å². The summed E-state index contributed by atoms with van der Waals surface area (Å²) in [6, 6.07) is 8.18. The molecule has 0 aromatic heterocycles. The third kappa shape index (κ3) is 3.38. The lowest BCUT2D eigenvalue weighted by molar-refractivity contribution is 0.609. The van der Waals surface area contributed by atoms with Crippen molar-refractivity contribution in [1.29, 1.82) is 0 Å². The van der Waals surface area contributed by atoms with Crippen LogP contribution in [-0.2, 0) is 0 Å². The Balaban J connectivity index is 2.43. The molecule has 0 bridgehead atoms. The van der Waals surface area contributed by atoms with E-state index in [9.17, 15) is 0 Å². The van der Waals surface area contributed by atoms with Gasteiger partial charge in [-0.05, 0) is 43.1 Å². The highest BCUT2D eigenvalue weighted by atomic mass is 14.8. The smallest absolute Gasteiger partial charge is 0.0314 e. The third-order valence-corrected chi connectivity index (χ3v) is 2.51. The number of nitrogens with two attached hydrogens (primary N) is 1. The molecular formula is C12H20N2. The number of hydrogen-bond donors (Lipinski definition) is 2. The first-order chi connectivity index (χ1) is 6.74. The Morgan fingerprint density at radius 1 is 1.29 bits per heavy atom. The van der Waals surface area contributed by atoms with E-state index in [0.29, 0.717) is 5.92 Å². The van der Waals surface area contributed by atoms with Crippen molar-refractivity contribution in [2.45, 2.75) is 26.2 Å². The van der Waals surface area contributed by atoms with Crippen LogP contribution in [0.2, 0.25) is 0 Å². The molecule has 0 aliphatic heterocycles. The molecule has 3 N–H and O–H groups in total. The van der Waals surface area contributed by atoms with Gasteiger partial charge in [0.2, 0.25) is 0 Å². The highest BCUT2D eigenvalue weighted by Crippen LogP contribution is 2.19. The first-order valence-electron chi connectivity index (χ1n) is 5.30. The van der Waals surface area contributed by atoms with Crippen LogP contribution in [-0.4, -0.2) is 13.1 Å². The summed E-state index contributed by atoms with van der Waals surface area (Å²) in [5.41, 5.74) is 7.85. The van der Waals surface area contributed by atoms with Gasteiger partial charge in [0.05, 0.1) is 0 Å². The number of benzene rings is 1. The molecule has 0 aliphatic carbocycles. The van der Waals surface area contributed by atoms with Crippen LogP contribution < -0.4 is 11.1 Å². The summed E-state index contributed by atoms with van der Waals surface area (Å²) in [4.78, 5) is 0. The average Bonchev–Trinajstić information content (AvgIpc) is 2.19. The predicted molar refractivity (Wildman–Crippen MR) is 62.4 cm³/mol. The van der Waals surface area contributed by atoms with Gasteiger partial charge in [0.25, 0.3) is 0 Å². The Bertz CT molecular complexity index is 254. The molecule has 2 nitrogen and oxygen atoms in total. The zero-order valence-electron chi connectivity index (χ0n) is 9.09. The molecule has 0 radical (unpaired) electrons. The van der Waals surface area contributed by atoms with Crippen LogP contribution in [0.4, 0.5) is 5.69 Å². The highest BCUT2D eigenvalue weighted by molar-refractivity contribution is 5.40. The lowest BCUT2D eigenvalue weighted by Gasteiger charge is -2.12. The fourth-order valence-corrected chi connectivity index (χ4v) is 1.49. The predicted octanol–water partition coefficient (Wildman–Crippen LogP) is 2.37. The molecule has 14 heavy (non-hydrogen) atoms. The lowest BCUT2D eigenvalue weighted by Crippen LogP contribution is -2.15. The Kier molecular flexibility index (Phi) is 4.47. The van der Waals surface area contributed by atoms with Crippen molar-refractivity contribution in [2.75, 3.05) is 18.8 Å². The summed E-state index contributed by atoms with van der Waals surface area (Å²) in [5, 5.41) is 3.34. The fraction of sp³-hybridized carbons (Fsp3) is 0.500. The summed E-state index contributed by atoms with van der Waals surface area (Å²) in [6.45, 7) is 6.52. The topological polar surface area (TPSA) is 38.0 Å². The van der Waals surface area contributed by atoms with Gasteiger partial charge in [0.15, 0.2) is 0 Å². The monoisotopic (exact) mass is 192 g/mol. The second kappa shape index (κ2) is 5.66. The minimum Gasteiger partial charge on any atom is -0.399 e. The molecule has 0 saturated heterocycles. The quantitative estimate of drug-likeness (QED) is 0.555. The largest absolute Gasteiger partial charge is 0.399 e. The van der Waals surface area contributed by atoms with E-state index in [4.69, 9.17) is 5.73 Å². The molecule has 0 spiro atoms. The molecule has 1 atom stereocenters. The molecule has 2 heteroatoms. The molecule has 0 saturated carbocycles. The van der Waals surface area contributed by atoms with Crippen LogP contribution in [0.25, 0.3) is 0 Å². The summed E-state index contributed by atoms with van der Waals surface area (Å²) in [6.07, 6.45) is 1.18. The Morgan fingerprint density at radius 3 is 2.50 bits per heavy atom. The maximum absolute atomic E-state index is 5.64. The Hall–Kier alpha value is -1.02. The van der Waals surface area contributed by atoms with Gasteiger partial charge in [0, 0.05) is 5.69 Å². The first kappa shape index (κ1) is 11.1. The van der Waals surface area contributed by atoms with Gasteiger partial charge in [-0.1, -0.05) is 26.0 Å². The normalized spacial score (nSPS) is 12.7. The van der Waals surface area contributed by atoms with Gasteiger partial charge in [-0.15, -0.1) is 0 Å². The standard InChI is InChI=1S/C12H20N2/c1-3-14-9-8-10(2)11-4-6-12(13)7-5-11/h4-7,10,14H,3,8-9,13H2,1-2H3. The zero-order valence-corrected chi connectivity index (χ0v) is 9.09. The van der Waals surface area contributed by atoms with Gasteiger partial charge in [-0.3, -0.25) is 0 Å². The van der Waals surface area contributed by atoms with E-state index in [1.807, 2.05) is 12.1 Å². The maximum Gasteiger partial charge on any atom is 0.0314 e. The highest BCUT2D eigenvalue weighted by Gasteiger charge is 2.03. The maximum atomic E-state index is 5.64. The molecule has 0 amide bonds. The molecule has 1 unspecified atom stereocenters. The summed E-state index contributed by atoms with van der Waals surface area (Å²) >= 11 is 0. The number of anilines is 1. The van der Waals surface area contributed by atoms with Crippen molar-refractivity contribution >= 4 is 5.69 Å². The summed E-state index contributed by atoms with van der Waals surface area (Å²) in [7, 11) is 0. The van der Waals surface area contributed by atoms with Gasteiger partial charge in [-0.2, -0.15) is 0 Å². The van der Waals surface area contributed by atoms with E-state index >= 15 is 0 Å². The van der Waals surface area contributed by atoms with Crippen LogP contribution >= 0.6 is 0 Å². The van der Waals surface area contributed by atoms with E-state index in [1.165, 1.54) is 12.0 Å². The number of nitrogen functional groups attached to an aromatic ring is 1. The Labute approximate surface area is 86.5 Å². The lowest BCUT2D eigenvalue weighted by atomic mass is 9.98. The second-order valence-corrected chi connectivity index (χ2v) is 3.71. The van der Waals surface area contributed by atoms with Gasteiger partial charge >= 0.3 is 0 Å². The second-order valence-electron chi connectivity index (χ2n) is 3.71. The number of rotatable bonds is 5. The molecule has 1 aromatic carbocycles. The molecule has 1 aromatic rings. The molecule has 0 heterocycles. The molecule has 0 aliphatic rings. The molecule has 0 fully saturated rings. The SMILES string of the molecule is CCNCCC(C)c1ccc(N)cc1. The van der Waals surface area contributed by atoms with Crippen LogP contribution in [0.5, 0.6) is 0 Å². The van der Waals surface area contributed by atoms with Crippen LogP contribution in [0, 0.1) is 0 Å². The summed E-state index contributed by atoms with van der Waals surface area (Å²) in [5.74, 6) is 0.606. The fourth-order valence-electron chi connectivity index (χ4n) is 1.49. The van der Waals surface area contributed by atoms with Gasteiger partial charge in [-0.25, -0.2) is 0 Å². The number of nitrogens with one attached hydrogen (secondary N) is 1. The van der Waals surface area contributed by atoms with E-state index in [0.717, 1.165) is 18.8 Å². The van der Waals surface area contributed by atoms with E-state index < -0.39 is 0 Å². The average molecular weight is 192 g/mol. The Morgan fingerprint density at radius 2 is 1.93 bits per heavy atom. The molecule has 78 valence electrons. The van der Waals surface area contributed by atoms with E-state index in [-0.39, 0.29) is 0 Å². The van der Waals surface area contributed by atoms with Crippen LogP contribution in [0.1, 0.15) is 31.7 Å². The zero-order chi connectivity index (χ0) is 10.4. The minimum atomic E-state index is 0.606. The summed E-state index contributed by atoms with van der Waals surface area (Å²) < 4.78 is 0. The van der Waals surface area contributed by atoms with E-state index in [1.54, 1.807) is 0 Å². The van der Waals surface area contributed by atoms with Crippen molar-refractivity contribution in [1.82, 2.24) is 5.32 Å². The van der Waals surface area contributed by atoms with E-state index in [2.05, 4.69) is 31.3 Å². The van der Waals surface area contributed by atoms with Gasteiger partial charge < -0.3 is 11.1 Å². The van der Waals surface area contributed by atoms with Crippen molar-refractivity contribution in [2.24, 2.45) is 0 Å². The first-order valence-corrected chi connectivity index (χ1v) is 5.30. The van der Waals surface area contributed by atoms with Crippen molar-refractivity contribution in [3.05, 3.63) is 29.8 Å². The van der Waals surface area contributed by atoms with Crippen LogP contribution in [0.15, 0.2) is 24.3 Å². The minimum absolute atomic E-state index is 0.606. The molecule has 1 rings (SSSR count). The van der Waals surface area contributed by atoms with Gasteiger partial charge in [0.1, 0.15) is 0 Å².